The van der Waals surface area contributed by atoms with Gasteiger partial charge in [-0.15, -0.1) is 0 Å². The van der Waals surface area contributed by atoms with E-state index in [0.717, 1.165) is 119 Å². The van der Waals surface area contributed by atoms with Gasteiger partial charge in [-0.05, 0) is 212 Å². The van der Waals surface area contributed by atoms with Gasteiger partial charge in [-0.3, -0.25) is 18.9 Å². The number of fused-ring (bicyclic) bond motifs is 2. The van der Waals surface area contributed by atoms with Crippen LogP contribution in [0.25, 0.3) is 33.2 Å². The smallest absolute Gasteiger partial charge is 0.419 e. The third kappa shape index (κ3) is 10.9. The molecular formula is C65H76F2N8O5. The first kappa shape index (κ1) is 55.0. The molecule has 13 nitrogen and oxygen atoms in total. The number of rotatable bonds is 14. The van der Waals surface area contributed by atoms with Crippen molar-refractivity contribution in [3.63, 3.8) is 0 Å². The number of ether oxygens (including phenoxy) is 3. The molecule has 0 amide bonds. The lowest BCUT2D eigenvalue weighted by molar-refractivity contribution is -0.0769. The zero-order valence-electron chi connectivity index (χ0n) is 47.8. The molecule has 11 rings (SSSR count). The molecule has 3 fully saturated rings. The molecule has 4 atom stereocenters. The lowest BCUT2D eigenvalue weighted by atomic mass is 9.76. The minimum Gasteiger partial charge on any atom is -0.443 e. The molecule has 0 spiro atoms. The maximum atomic E-state index is 14.4. The number of halogens is 2. The van der Waals surface area contributed by atoms with Crippen molar-refractivity contribution in [3.05, 3.63) is 166 Å². The second kappa shape index (κ2) is 22.2. The van der Waals surface area contributed by atoms with E-state index in [1.54, 1.807) is 32.4 Å². The first-order chi connectivity index (χ1) is 38.4. The summed E-state index contributed by atoms with van der Waals surface area (Å²) in [4.78, 5) is 32.4. The molecule has 3 aliphatic rings. The Bertz CT molecular complexity index is 3510. The molecule has 4 aromatic heterocycles. The van der Waals surface area contributed by atoms with Crippen molar-refractivity contribution < 1.29 is 32.6 Å². The predicted octanol–water partition coefficient (Wildman–Crippen LogP) is 12.9. The first-order valence-corrected chi connectivity index (χ1v) is 28.5. The number of hydrogen-bond donors (Lipinski definition) is 0. The van der Waals surface area contributed by atoms with Gasteiger partial charge in [-0.2, -0.15) is 10.2 Å². The highest BCUT2D eigenvalue weighted by Gasteiger charge is 2.38. The van der Waals surface area contributed by atoms with Gasteiger partial charge in [-0.1, -0.05) is 36.4 Å². The van der Waals surface area contributed by atoms with E-state index >= 15 is 0 Å². The molecule has 80 heavy (non-hydrogen) atoms. The van der Waals surface area contributed by atoms with Gasteiger partial charge in [0.1, 0.15) is 24.6 Å². The molecule has 3 aliphatic heterocycles. The van der Waals surface area contributed by atoms with Gasteiger partial charge in [0.25, 0.3) is 0 Å². The van der Waals surface area contributed by atoms with Crippen LogP contribution in [0.5, 0.6) is 0 Å². The minimum atomic E-state index is -1.04. The molecule has 0 N–H and O–H groups in total. The number of likely N-dealkylation sites (tertiary alicyclic amines) is 2. The Morgan fingerprint density at radius 3 is 1.71 bits per heavy atom. The number of benzene rings is 4. The quantitative estimate of drug-likeness (QED) is 0.105. The summed E-state index contributed by atoms with van der Waals surface area (Å²) in [5, 5.41) is 11.3. The van der Waals surface area contributed by atoms with E-state index in [-0.39, 0.29) is 11.8 Å². The molecule has 0 unspecified atom stereocenters. The van der Waals surface area contributed by atoms with Gasteiger partial charge >= 0.3 is 12.2 Å². The van der Waals surface area contributed by atoms with E-state index in [9.17, 15) is 18.4 Å². The zero-order valence-corrected chi connectivity index (χ0v) is 47.8. The van der Waals surface area contributed by atoms with Crippen LogP contribution in [0.4, 0.5) is 18.4 Å². The van der Waals surface area contributed by atoms with Crippen molar-refractivity contribution in [2.24, 2.45) is 11.8 Å². The summed E-state index contributed by atoms with van der Waals surface area (Å²) in [7, 11) is 0. The number of aromatic nitrogens is 6. The van der Waals surface area contributed by atoms with Crippen LogP contribution in [0.15, 0.2) is 116 Å². The molecule has 420 valence electrons. The molecule has 15 heteroatoms. The number of alkyl halides is 2. The van der Waals surface area contributed by atoms with Gasteiger partial charge < -0.3 is 14.2 Å². The Kier molecular flexibility index (Phi) is 15.3. The van der Waals surface area contributed by atoms with Crippen LogP contribution in [0.1, 0.15) is 109 Å². The maximum absolute atomic E-state index is 14.4. The van der Waals surface area contributed by atoms with Gasteiger partial charge in [0.15, 0.2) is 0 Å². The van der Waals surface area contributed by atoms with E-state index in [2.05, 4.69) is 85.4 Å². The molecular weight excluding hydrogens is 1010 g/mol. The third-order valence-corrected chi connectivity index (χ3v) is 17.6. The Hall–Kier alpha value is -6.94. The Balaban J connectivity index is 0.809. The van der Waals surface area contributed by atoms with Crippen LogP contribution in [0, 0.1) is 39.5 Å². The highest BCUT2D eigenvalue weighted by Crippen LogP contribution is 2.42. The first-order valence-electron chi connectivity index (χ1n) is 28.5. The monoisotopic (exact) mass is 1090 g/mol. The molecule has 4 aromatic carbocycles. The van der Waals surface area contributed by atoms with Gasteiger partial charge in [0, 0.05) is 60.4 Å². The minimum absolute atomic E-state index is 0.0262. The van der Waals surface area contributed by atoms with Crippen LogP contribution in [0.2, 0.25) is 0 Å². The van der Waals surface area contributed by atoms with E-state index in [1.165, 1.54) is 16.7 Å². The Morgan fingerprint density at radius 2 is 1.20 bits per heavy atom. The summed E-state index contributed by atoms with van der Waals surface area (Å²) in [6, 6.07) is 27.2. The normalized spacial score (nSPS) is 19.8. The molecule has 0 aliphatic carbocycles. The fraction of sp³-hybridized carbons (Fsp3) is 0.446. The van der Waals surface area contributed by atoms with Crippen LogP contribution in [-0.4, -0.2) is 121 Å². The average Bonchev–Trinajstić information content (AvgIpc) is 4.27. The lowest BCUT2D eigenvalue weighted by Crippen LogP contribution is -2.53. The summed E-state index contributed by atoms with van der Waals surface area (Å²) in [6.45, 7) is 20.9. The molecule has 0 radical (unpaired) electrons. The van der Waals surface area contributed by atoms with Crippen molar-refractivity contribution in [1.82, 2.24) is 38.5 Å². The van der Waals surface area contributed by atoms with Gasteiger partial charge in [0.05, 0.1) is 53.9 Å². The van der Waals surface area contributed by atoms with Crippen LogP contribution < -0.4 is 0 Å². The van der Waals surface area contributed by atoms with Crippen molar-refractivity contribution in [2.45, 2.75) is 123 Å². The van der Waals surface area contributed by atoms with Crippen LogP contribution in [0.3, 0.4) is 0 Å². The van der Waals surface area contributed by atoms with Crippen LogP contribution >= 0.6 is 0 Å². The fourth-order valence-corrected chi connectivity index (χ4v) is 13.1. The largest absolute Gasteiger partial charge is 0.443 e. The van der Waals surface area contributed by atoms with Crippen LogP contribution in [-0.2, 0) is 32.7 Å². The number of piperidine rings is 2. The molecule has 3 saturated heterocycles. The van der Waals surface area contributed by atoms with Crippen molar-refractivity contribution in [3.8, 4) is 11.4 Å². The number of hydrogen-bond acceptors (Lipinski definition) is 9. The fourth-order valence-electron chi connectivity index (χ4n) is 13.1. The van der Waals surface area contributed by atoms with E-state index < -0.39 is 42.8 Å². The number of carbonyl (C=O) groups excluding carboxylic acids is 2. The van der Waals surface area contributed by atoms with Crippen molar-refractivity contribution in [1.29, 1.82) is 0 Å². The standard InChI is InChI=1S/C65H76F2N8O5/c1-41-29-43(3)60-54(21-27-72(60)62(76)79-64(5,6)7)56(41)31-47-19-25-70(52(33-66)34-67)37-58(47)46-13-17-51(18-14-46)75-36-49(35-69-75)65(8,9)80-63(77)73-28-22-55-57(42(2)30-44(4)61(55)73)32-48-20-26-71(53-39-78-40-53)38-59(48)45-11-15-50(16-12-45)74-24-10-23-68-74/h10-18,21-24,27-30,35-36,47-48,52-53,58-59H,19-20,25-26,31-34,37-40H2,1-9H3/t47-,48-,58-,59-/m0/s1. The second-order valence-electron chi connectivity index (χ2n) is 24.4. The lowest BCUT2D eigenvalue weighted by Gasteiger charge is -2.45. The number of carbonyl (C=O) groups is 2. The summed E-state index contributed by atoms with van der Waals surface area (Å²) in [5.41, 5.74) is 11.8. The SMILES string of the molecule is Cc1cc(C)c2c(ccn2C(=O)OC(C)(C)C)c1C[C@@H]1CCN(C(CF)CF)C[C@H]1c1ccc(-n2cc(C(C)(C)OC(=O)n3ccc4c(C[C@@H]5CCN(C6COC6)C[C@H]5c5ccc(-n6cccn6)cc5)c(C)cc(C)c43)cn2)cc1. The highest BCUT2D eigenvalue weighted by molar-refractivity contribution is 5.95. The third-order valence-electron chi connectivity index (χ3n) is 17.6. The summed E-state index contributed by atoms with van der Waals surface area (Å²) >= 11 is 0. The predicted molar refractivity (Wildman–Crippen MR) is 309 cm³/mol. The number of nitrogens with zero attached hydrogens (tertiary/aromatic N) is 8. The second-order valence-corrected chi connectivity index (χ2v) is 24.4. The molecule has 8 aromatic rings. The topological polar surface area (TPSA) is 114 Å². The molecule has 0 bridgehead atoms. The van der Waals surface area contributed by atoms with E-state index in [0.29, 0.717) is 31.0 Å². The van der Waals surface area contributed by atoms with E-state index in [4.69, 9.17) is 19.3 Å². The van der Waals surface area contributed by atoms with Gasteiger partial charge in [0.2, 0.25) is 0 Å². The molecule has 0 saturated carbocycles. The summed E-state index contributed by atoms with van der Waals surface area (Å²) in [6.07, 6.45) is 13.6. The molecule has 7 heterocycles. The maximum Gasteiger partial charge on any atom is 0.419 e. The zero-order chi connectivity index (χ0) is 56.2. The Morgan fingerprint density at radius 1 is 0.662 bits per heavy atom. The summed E-state index contributed by atoms with van der Waals surface area (Å²) < 4.78 is 53.3. The average molecular weight is 1090 g/mol. The van der Waals surface area contributed by atoms with E-state index in [1.807, 2.05) is 94.0 Å². The van der Waals surface area contributed by atoms with Crippen molar-refractivity contribution >= 4 is 34.0 Å². The van der Waals surface area contributed by atoms with Gasteiger partial charge in [-0.25, -0.2) is 27.7 Å². The highest BCUT2D eigenvalue weighted by atomic mass is 19.1. The summed E-state index contributed by atoms with van der Waals surface area (Å²) in [5.74, 6) is 0.835. The van der Waals surface area contributed by atoms with Crippen molar-refractivity contribution in [2.75, 3.05) is 52.7 Å². The Labute approximate surface area is 468 Å². The number of aryl methyl sites for hydroxylation is 4.